The lowest BCUT2D eigenvalue weighted by Gasteiger charge is -2.24. The summed E-state index contributed by atoms with van der Waals surface area (Å²) in [4.78, 5) is 4.83. The lowest BCUT2D eigenvalue weighted by Crippen LogP contribution is -2.34. The zero-order valence-electron chi connectivity index (χ0n) is 17.6. The second kappa shape index (κ2) is 8.19. The highest BCUT2D eigenvalue weighted by Crippen LogP contribution is 2.35. The van der Waals surface area contributed by atoms with Gasteiger partial charge in [-0.2, -0.15) is 0 Å². The number of aromatic nitrogens is 1. The van der Waals surface area contributed by atoms with Gasteiger partial charge in [-0.25, -0.2) is 4.98 Å². The van der Waals surface area contributed by atoms with Crippen molar-refractivity contribution in [3.8, 4) is 0 Å². The van der Waals surface area contributed by atoms with Crippen molar-refractivity contribution in [1.82, 2.24) is 4.98 Å². The van der Waals surface area contributed by atoms with E-state index in [0.29, 0.717) is 0 Å². The summed E-state index contributed by atoms with van der Waals surface area (Å²) in [5.41, 5.74) is 3.44. The molecule has 5 heteroatoms. The molecule has 0 amide bonds. The Labute approximate surface area is 175 Å². The fourth-order valence-corrected chi connectivity index (χ4v) is 6.38. The molecule has 28 heavy (non-hydrogen) atoms. The van der Waals surface area contributed by atoms with Crippen molar-refractivity contribution in [1.29, 1.82) is 0 Å². The Hall–Kier alpha value is -1.96. The Morgan fingerprint density at radius 2 is 1.29 bits per heavy atom. The van der Waals surface area contributed by atoms with Crippen LogP contribution in [0.4, 0.5) is 0 Å². The van der Waals surface area contributed by atoms with E-state index < -0.39 is 16.4 Å². The minimum absolute atomic E-state index is 0.922. The van der Waals surface area contributed by atoms with Gasteiger partial charge in [0.2, 0.25) is 8.32 Å². The molecule has 0 fully saturated rings. The summed E-state index contributed by atoms with van der Waals surface area (Å²) in [7, 11) is -3.27. The molecule has 1 heterocycles. The molecule has 0 N–H and O–H groups in total. The molecule has 0 bridgehead atoms. The van der Waals surface area contributed by atoms with Crippen LogP contribution in [0.1, 0.15) is 16.1 Å². The molecule has 0 aliphatic rings. The molecule has 1 aromatic heterocycles. The van der Waals surface area contributed by atoms with Crippen LogP contribution < -0.4 is 4.50 Å². The second-order valence-electron chi connectivity index (χ2n) is 8.93. The number of thiazole rings is 1. The predicted molar refractivity (Wildman–Crippen MR) is 128 cm³/mol. The van der Waals surface area contributed by atoms with Gasteiger partial charge in [-0.15, -0.1) is 11.3 Å². The standard InChI is InChI=1S/C23H29NOSSi2/c1-27(2,3)20-17-24-23(26-20)22(25-28(4,5)6)21(18-13-9-7-10-14-18)19-15-11-8-12-16-19/h7-17H,1-6H3. The van der Waals surface area contributed by atoms with Crippen molar-refractivity contribution >= 4 is 43.6 Å². The van der Waals surface area contributed by atoms with Crippen LogP contribution in [-0.4, -0.2) is 21.4 Å². The lowest BCUT2D eigenvalue weighted by molar-refractivity contribution is 0.515. The molecular weight excluding hydrogens is 394 g/mol. The predicted octanol–water partition coefficient (Wildman–Crippen LogP) is 6.46. The number of nitrogens with zero attached hydrogens (tertiary/aromatic N) is 1. The van der Waals surface area contributed by atoms with E-state index in [0.717, 1.165) is 27.5 Å². The minimum atomic E-state index is -1.85. The Morgan fingerprint density at radius 3 is 1.68 bits per heavy atom. The first kappa shape index (κ1) is 20.8. The van der Waals surface area contributed by atoms with Gasteiger partial charge < -0.3 is 4.43 Å². The third-order valence-electron chi connectivity index (χ3n) is 4.20. The van der Waals surface area contributed by atoms with E-state index in [2.05, 4.69) is 106 Å². The number of hydrogen-bond donors (Lipinski definition) is 0. The van der Waals surface area contributed by atoms with E-state index in [4.69, 9.17) is 9.41 Å². The van der Waals surface area contributed by atoms with Gasteiger partial charge in [0.15, 0.2) is 5.01 Å². The maximum atomic E-state index is 6.70. The molecule has 0 unspecified atom stereocenters. The van der Waals surface area contributed by atoms with Crippen LogP contribution in [0.5, 0.6) is 0 Å². The minimum Gasteiger partial charge on any atom is -0.542 e. The molecule has 2 aromatic carbocycles. The summed E-state index contributed by atoms with van der Waals surface area (Å²) in [5, 5.41) is 0.988. The first-order chi connectivity index (χ1) is 13.1. The molecule has 0 saturated carbocycles. The van der Waals surface area contributed by atoms with Crippen LogP contribution in [0, 0.1) is 0 Å². The SMILES string of the molecule is C[Si](C)(C)OC(=C(c1ccccc1)c1ccccc1)c1ncc([Si](C)(C)C)s1. The van der Waals surface area contributed by atoms with Gasteiger partial charge in [0.1, 0.15) is 5.76 Å². The maximum Gasteiger partial charge on any atom is 0.242 e. The number of hydrogen-bond acceptors (Lipinski definition) is 3. The molecule has 0 spiro atoms. The van der Waals surface area contributed by atoms with Crippen molar-refractivity contribution in [2.24, 2.45) is 0 Å². The van der Waals surface area contributed by atoms with Crippen molar-refractivity contribution in [2.45, 2.75) is 39.3 Å². The molecule has 146 valence electrons. The van der Waals surface area contributed by atoms with E-state index in [1.807, 2.05) is 0 Å². The Morgan fingerprint density at radius 1 is 0.786 bits per heavy atom. The average molecular weight is 424 g/mol. The fourth-order valence-electron chi connectivity index (χ4n) is 2.87. The van der Waals surface area contributed by atoms with Crippen molar-refractivity contribution < 1.29 is 4.43 Å². The van der Waals surface area contributed by atoms with Crippen LogP contribution in [0.25, 0.3) is 11.3 Å². The van der Waals surface area contributed by atoms with Crippen LogP contribution in [-0.2, 0) is 4.43 Å². The highest BCUT2D eigenvalue weighted by molar-refractivity contribution is 7.26. The first-order valence-electron chi connectivity index (χ1n) is 9.66. The van der Waals surface area contributed by atoms with Crippen LogP contribution in [0.15, 0.2) is 66.9 Å². The summed E-state index contributed by atoms with van der Waals surface area (Å²) >= 11 is 1.80. The number of benzene rings is 2. The summed E-state index contributed by atoms with van der Waals surface area (Å²) in [6.07, 6.45) is 2.06. The lowest BCUT2D eigenvalue weighted by atomic mass is 9.97. The van der Waals surface area contributed by atoms with Gasteiger partial charge in [0, 0.05) is 16.3 Å². The third-order valence-corrected chi connectivity index (χ3v) is 9.58. The van der Waals surface area contributed by atoms with Gasteiger partial charge in [0.25, 0.3) is 0 Å². The molecule has 0 radical (unpaired) electrons. The Kier molecular flexibility index (Phi) is 6.08. The highest BCUT2D eigenvalue weighted by atomic mass is 32.1. The summed E-state index contributed by atoms with van der Waals surface area (Å²) in [6.45, 7) is 13.8. The zero-order valence-corrected chi connectivity index (χ0v) is 20.4. The quantitative estimate of drug-likeness (QED) is 0.335. The van der Waals surface area contributed by atoms with Crippen molar-refractivity contribution in [3.63, 3.8) is 0 Å². The van der Waals surface area contributed by atoms with Crippen LogP contribution in [0.3, 0.4) is 0 Å². The second-order valence-corrected chi connectivity index (χ2v) is 19.8. The van der Waals surface area contributed by atoms with E-state index in [-0.39, 0.29) is 0 Å². The highest BCUT2D eigenvalue weighted by Gasteiger charge is 2.27. The fraction of sp³-hybridized carbons (Fsp3) is 0.261. The van der Waals surface area contributed by atoms with E-state index in [9.17, 15) is 0 Å². The van der Waals surface area contributed by atoms with Crippen LogP contribution in [0.2, 0.25) is 39.3 Å². The van der Waals surface area contributed by atoms with Crippen molar-refractivity contribution in [3.05, 3.63) is 83.0 Å². The maximum absolute atomic E-state index is 6.70. The van der Waals surface area contributed by atoms with E-state index in [1.165, 1.54) is 4.50 Å². The average Bonchev–Trinajstić information content (AvgIpc) is 3.12. The van der Waals surface area contributed by atoms with Gasteiger partial charge in [-0.05, 0) is 30.8 Å². The van der Waals surface area contributed by atoms with E-state index in [1.54, 1.807) is 11.3 Å². The molecule has 3 aromatic rings. The monoisotopic (exact) mass is 423 g/mol. The molecule has 0 saturated heterocycles. The summed E-state index contributed by atoms with van der Waals surface area (Å²) < 4.78 is 8.11. The van der Waals surface area contributed by atoms with Gasteiger partial charge in [0.05, 0.1) is 8.07 Å². The van der Waals surface area contributed by atoms with Gasteiger partial charge >= 0.3 is 0 Å². The summed E-state index contributed by atoms with van der Waals surface area (Å²) in [6, 6.07) is 21.1. The third kappa shape index (κ3) is 5.10. The summed E-state index contributed by atoms with van der Waals surface area (Å²) in [5.74, 6) is 0.922. The van der Waals surface area contributed by atoms with Crippen LogP contribution >= 0.6 is 11.3 Å². The smallest absolute Gasteiger partial charge is 0.242 e. The molecule has 0 aliphatic carbocycles. The van der Waals surface area contributed by atoms with Gasteiger partial charge in [-0.3, -0.25) is 0 Å². The van der Waals surface area contributed by atoms with E-state index >= 15 is 0 Å². The molecule has 0 atom stereocenters. The Balaban J connectivity index is 2.29. The zero-order chi connectivity index (χ0) is 20.4. The normalized spacial score (nSPS) is 11.9. The molecule has 2 nitrogen and oxygen atoms in total. The first-order valence-corrected chi connectivity index (χ1v) is 17.4. The number of rotatable bonds is 6. The Bertz CT molecular complexity index is 910. The van der Waals surface area contributed by atoms with Crippen molar-refractivity contribution in [2.75, 3.05) is 0 Å². The largest absolute Gasteiger partial charge is 0.542 e. The topological polar surface area (TPSA) is 22.1 Å². The molecule has 3 rings (SSSR count). The van der Waals surface area contributed by atoms with Gasteiger partial charge in [-0.1, -0.05) is 80.3 Å². The molecular formula is C23H29NOSSi2. The molecule has 0 aliphatic heterocycles.